The van der Waals surface area contributed by atoms with Gasteiger partial charge in [0.25, 0.3) is 0 Å². The lowest BCUT2D eigenvalue weighted by molar-refractivity contribution is -0.279. The second-order valence-electron chi connectivity index (χ2n) is 10.7. The van der Waals surface area contributed by atoms with E-state index in [4.69, 9.17) is 0 Å². The fraction of sp³-hybridized carbons (Fsp3) is 0. The first kappa shape index (κ1) is 28.6. The molecule has 0 bridgehead atoms. The average molecular weight is 625 g/mol. The van der Waals surface area contributed by atoms with E-state index in [1.54, 1.807) is 18.2 Å². The summed E-state index contributed by atoms with van der Waals surface area (Å²) >= 11 is 0. The monoisotopic (exact) mass is 625 g/mol. The maximum atomic E-state index is 15.9. The highest BCUT2D eigenvalue weighted by Crippen LogP contribution is 2.33. The van der Waals surface area contributed by atoms with Gasteiger partial charge in [0, 0.05) is 17.7 Å². The van der Waals surface area contributed by atoms with E-state index in [2.05, 4.69) is 0 Å². The standard InChI is InChI=1S/C33H14BF10N/c35-24-22(25(36)29(40)32(43)28(24)39)34(23-26(37)30(41)33(44)31(42)27(23)38)21-8-4-3-7-18(21)14-45(34)20-10-9-17-11-15-5-1-2-6-16(15)12-19(17)13-20/h1-14H. The molecule has 0 fully saturated rings. The van der Waals surface area contributed by atoms with Crippen molar-refractivity contribution in [2.75, 3.05) is 0 Å². The molecule has 7 rings (SSSR count). The first-order valence-corrected chi connectivity index (χ1v) is 13.3. The Balaban J connectivity index is 1.69. The molecule has 0 saturated carbocycles. The normalized spacial score (nSPS) is 13.9. The molecule has 0 amide bonds. The molecule has 0 N–H and O–H groups in total. The van der Waals surface area contributed by atoms with Crippen LogP contribution in [-0.4, -0.2) is 17.0 Å². The van der Waals surface area contributed by atoms with Crippen LogP contribution in [-0.2, 0) is 0 Å². The minimum Gasteiger partial charge on any atom is -0.408 e. The molecule has 0 aliphatic carbocycles. The minimum absolute atomic E-state index is 0.0380. The van der Waals surface area contributed by atoms with Crippen LogP contribution in [0.1, 0.15) is 5.56 Å². The number of nitrogens with zero attached hydrogens (tertiary/aromatic N) is 1. The van der Waals surface area contributed by atoms with Gasteiger partial charge in [0.15, 0.2) is 40.6 Å². The smallest absolute Gasteiger partial charge is 0.372 e. The quantitative estimate of drug-likeness (QED) is 0.0648. The largest absolute Gasteiger partial charge is 0.408 e. The van der Waals surface area contributed by atoms with Crippen LogP contribution in [0, 0.1) is 58.2 Å². The predicted molar refractivity (Wildman–Crippen MR) is 150 cm³/mol. The molecule has 1 aliphatic heterocycles. The van der Waals surface area contributed by atoms with Crippen molar-refractivity contribution in [2.45, 2.75) is 0 Å². The van der Waals surface area contributed by atoms with Crippen molar-refractivity contribution in [2.24, 2.45) is 0 Å². The lowest BCUT2D eigenvalue weighted by Crippen LogP contribution is -2.75. The van der Waals surface area contributed by atoms with Crippen LogP contribution < -0.4 is 16.4 Å². The van der Waals surface area contributed by atoms with E-state index < -0.39 is 80.8 Å². The zero-order valence-corrected chi connectivity index (χ0v) is 22.4. The summed E-state index contributed by atoms with van der Waals surface area (Å²) in [5, 5.41) is 2.72. The lowest BCUT2D eigenvalue weighted by atomic mass is 9.23. The fourth-order valence-electron chi connectivity index (χ4n) is 6.52. The van der Waals surface area contributed by atoms with Crippen molar-refractivity contribution in [3.63, 3.8) is 0 Å². The van der Waals surface area contributed by atoms with Gasteiger partial charge in [-0.25, -0.2) is 43.9 Å². The van der Waals surface area contributed by atoms with Crippen LogP contribution in [0.5, 0.6) is 0 Å². The highest BCUT2D eigenvalue weighted by atomic mass is 19.2. The molecule has 0 spiro atoms. The maximum absolute atomic E-state index is 15.9. The van der Waals surface area contributed by atoms with Crippen molar-refractivity contribution in [3.05, 3.63) is 143 Å². The molecule has 224 valence electrons. The third kappa shape index (κ3) is 3.80. The van der Waals surface area contributed by atoms with Crippen LogP contribution in [0.4, 0.5) is 49.6 Å². The first-order chi connectivity index (χ1) is 21.5. The number of rotatable bonds is 3. The topological polar surface area (TPSA) is 3.01 Å². The Morgan fingerprint density at radius 1 is 0.400 bits per heavy atom. The highest BCUT2D eigenvalue weighted by molar-refractivity contribution is 7.07. The Bertz CT molecular complexity index is 2170. The van der Waals surface area contributed by atoms with Crippen molar-refractivity contribution in [3.8, 4) is 0 Å². The van der Waals surface area contributed by atoms with Gasteiger partial charge in [-0.05, 0) is 50.7 Å². The second-order valence-corrected chi connectivity index (χ2v) is 10.7. The van der Waals surface area contributed by atoms with Crippen molar-refractivity contribution < 1.29 is 48.4 Å². The minimum atomic E-state index is -4.39. The molecular formula is C33H14BF10N. The molecule has 0 aromatic heterocycles. The van der Waals surface area contributed by atoms with Gasteiger partial charge < -0.3 is 4.49 Å². The average Bonchev–Trinajstić information content (AvgIpc) is 3.38. The van der Waals surface area contributed by atoms with Gasteiger partial charge in [-0.3, -0.25) is 0 Å². The zero-order valence-electron chi connectivity index (χ0n) is 22.4. The third-order valence-corrected chi connectivity index (χ3v) is 8.45. The molecule has 1 nitrogen and oxygen atoms in total. The molecule has 0 radical (unpaired) electrons. The summed E-state index contributed by atoms with van der Waals surface area (Å²) in [5.41, 5.74) is -4.17. The van der Waals surface area contributed by atoms with Crippen molar-refractivity contribution in [1.29, 1.82) is 0 Å². The SMILES string of the molecule is Fc1c(F)c(F)c([B-]2(c3c(F)c(F)c(F)c(F)c3F)c3ccccc3C=[N+]2c2ccc3cc4ccccc4cc3c2)c(F)c1F. The summed E-state index contributed by atoms with van der Waals surface area (Å²) in [7, 11) is 0. The van der Waals surface area contributed by atoms with E-state index in [0.29, 0.717) is 10.8 Å². The van der Waals surface area contributed by atoms with Crippen LogP contribution in [0.15, 0.2) is 78.9 Å². The van der Waals surface area contributed by atoms with Crippen LogP contribution in [0.25, 0.3) is 21.5 Å². The second kappa shape index (κ2) is 9.95. The van der Waals surface area contributed by atoms with E-state index in [9.17, 15) is 26.3 Å². The molecule has 6 aromatic carbocycles. The van der Waals surface area contributed by atoms with Gasteiger partial charge >= 0.3 is 6.28 Å². The van der Waals surface area contributed by atoms with E-state index in [1.165, 1.54) is 36.4 Å². The molecule has 12 heteroatoms. The van der Waals surface area contributed by atoms with Crippen LogP contribution >= 0.6 is 0 Å². The summed E-state index contributed by atoms with van der Waals surface area (Å²) in [4.78, 5) is 0. The number of halogens is 10. The van der Waals surface area contributed by atoms with Crippen LogP contribution in [0.3, 0.4) is 0 Å². The zero-order chi connectivity index (χ0) is 31.9. The maximum Gasteiger partial charge on any atom is 0.372 e. The predicted octanol–water partition coefficient (Wildman–Crippen LogP) is 7.13. The molecule has 1 aliphatic rings. The Morgan fingerprint density at radius 3 is 1.36 bits per heavy atom. The van der Waals surface area contributed by atoms with Gasteiger partial charge in [0.2, 0.25) is 0 Å². The molecule has 0 unspecified atom stereocenters. The summed E-state index contributed by atoms with van der Waals surface area (Å²) in [6.45, 7) is 0. The Morgan fingerprint density at radius 2 is 0.822 bits per heavy atom. The van der Waals surface area contributed by atoms with E-state index in [-0.39, 0.29) is 11.3 Å². The third-order valence-electron chi connectivity index (χ3n) is 8.45. The molecule has 0 atom stereocenters. The van der Waals surface area contributed by atoms with Crippen molar-refractivity contribution in [1.82, 2.24) is 0 Å². The Kier molecular flexibility index (Phi) is 6.33. The van der Waals surface area contributed by atoms with Gasteiger partial charge in [0.05, 0.1) is 0 Å². The Hall–Kier alpha value is -5.13. The van der Waals surface area contributed by atoms with Crippen molar-refractivity contribution >= 4 is 56.1 Å². The molecule has 45 heavy (non-hydrogen) atoms. The fourth-order valence-corrected chi connectivity index (χ4v) is 6.52. The number of hydrogen-bond donors (Lipinski definition) is 0. The van der Waals surface area contributed by atoms with E-state index >= 15 is 17.6 Å². The van der Waals surface area contributed by atoms with Gasteiger partial charge in [-0.1, -0.05) is 48.5 Å². The summed E-state index contributed by atoms with van der Waals surface area (Å²) < 4.78 is 152. The lowest BCUT2D eigenvalue weighted by Gasteiger charge is -2.36. The molecule has 6 aromatic rings. The summed E-state index contributed by atoms with van der Waals surface area (Å²) in [5.74, 6) is -25.0. The number of benzene rings is 6. The van der Waals surface area contributed by atoms with Gasteiger partial charge in [-0.15, -0.1) is 5.46 Å². The molecule has 1 heterocycles. The highest BCUT2D eigenvalue weighted by Gasteiger charge is 2.57. The number of hydrogen-bond acceptors (Lipinski definition) is 0. The molecule has 0 saturated heterocycles. The summed E-state index contributed by atoms with van der Waals surface area (Å²) in [6, 6.07) is 20.0. The van der Waals surface area contributed by atoms with E-state index in [1.807, 2.05) is 18.2 Å². The molecular weight excluding hydrogens is 611 g/mol. The van der Waals surface area contributed by atoms with Gasteiger partial charge in [0.1, 0.15) is 29.5 Å². The first-order valence-electron chi connectivity index (χ1n) is 13.3. The Labute approximate surface area is 247 Å². The van der Waals surface area contributed by atoms with Gasteiger partial charge in [-0.2, -0.15) is 0 Å². The van der Waals surface area contributed by atoms with Crippen LogP contribution in [0.2, 0.25) is 0 Å². The number of fused-ring (bicyclic) bond motifs is 3. The van der Waals surface area contributed by atoms with E-state index in [0.717, 1.165) is 27.5 Å². The summed E-state index contributed by atoms with van der Waals surface area (Å²) in [6.07, 6.45) is -3.29.